The number of nitrogens with one attached hydrogen (secondary N) is 1. The van der Waals surface area contributed by atoms with Crippen molar-refractivity contribution >= 4 is 49.8 Å². The van der Waals surface area contributed by atoms with E-state index >= 15 is 0 Å². The standard InChI is InChI=1S/C22H26ClN3O4S2/c1-13-4-9-17-18(11-13)31-22(19(17)20(24)27)25-21(28)14-3-2-10-26(12-14)32(29,30)16-7-5-15(23)6-8-16/h5-8,13-14H,2-4,9-12H2,1H3,(H2,24,27)(H,25,28). The molecular weight excluding hydrogens is 470 g/mol. The van der Waals surface area contributed by atoms with Gasteiger partial charge < -0.3 is 11.1 Å². The van der Waals surface area contributed by atoms with E-state index in [9.17, 15) is 18.0 Å². The van der Waals surface area contributed by atoms with Crippen LogP contribution in [0.4, 0.5) is 5.00 Å². The quantitative estimate of drug-likeness (QED) is 0.659. The summed E-state index contributed by atoms with van der Waals surface area (Å²) >= 11 is 7.29. The van der Waals surface area contributed by atoms with Gasteiger partial charge in [-0.3, -0.25) is 9.59 Å². The van der Waals surface area contributed by atoms with E-state index in [1.807, 2.05) is 0 Å². The molecule has 1 aliphatic heterocycles. The Bertz CT molecular complexity index is 1140. The topological polar surface area (TPSA) is 110 Å². The molecule has 7 nitrogen and oxygen atoms in total. The first-order valence-corrected chi connectivity index (χ1v) is 13.3. The lowest BCUT2D eigenvalue weighted by molar-refractivity contribution is -0.120. The Kier molecular flexibility index (Phi) is 6.63. The highest BCUT2D eigenvalue weighted by Crippen LogP contribution is 2.40. The summed E-state index contributed by atoms with van der Waals surface area (Å²) < 4.78 is 27.4. The van der Waals surface area contributed by atoms with Crippen LogP contribution in [0.25, 0.3) is 0 Å². The predicted molar refractivity (Wildman–Crippen MR) is 126 cm³/mol. The summed E-state index contributed by atoms with van der Waals surface area (Å²) in [6.45, 7) is 2.61. The second kappa shape index (κ2) is 9.13. The smallest absolute Gasteiger partial charge is 0.251 e. The number of piperidine rings is 1. The molecule has 1 fully saturated rings. The normalized spacial score (nSPS) is 21.7. The molecule has 0 saturated carbocycles. The molecule has 1 aromatic carbocycles. The van der Waals surface area contributed by atoms with E-state index in [1.165, 1.54) is 39.9 Å². The largest absolute Gasteiger partial charge is 0.365 e. The Morgan fingerprint density at radius 3 is 2.62 bits per heavy atom. The lowest BCUT2D eigenvalue weighted by atomic mass is 9.88. The van der Waals surface area contributed by atoms with Crippen molar-refractivity contribution in [1.29, 1.82) is 0 Å². The SMILES string of the molecule is CC1CCc2c(sc(NC(=O)C3CCCN(S(=O)(=O)c4ccc(Cl)cc4)C3)c2C(N)=O)C1. The predicted octanol–water partition coefficient (Wildman–Crippen LogP) is 3.66. The Morgan fingerprint density at radius 1 is 1.22 bits per heavy atom. The minimum Gasteiger partial charge on any atom is -0.365 e. The van der Waals surface area contributed by atoms with Gasteiger partial charge in [-0.05, 0) is 67.9 Å². The van der Waals surface area contributed by atoms with Crippen LogP contribution in [0, 0.1) is 11.8 Å². The van der Waals surface area contributed by atoms with Gasteiger partial charge in [0.15, 0.2) is 0 Å². The highest BCUT2D eigenvalue weighted by atomic mass is 35.5. The Morgan fingerprint density at radius 2 is 1.94 bits per heavy atom. The molecule has 10 heteroatoms. The van der Waals surface area contributed by atoms with Gasteiger partial charge in [-0.15, -0.1) is 11.3 Å². The van der Waals surface area contributed by atoms with Crippen molar-refractivity contribution in [3.05, 3.63) is 45.3 Å². The fourth-order valence-corrected chi connectivity index (χ4v) is 7.51. The first-order valence-electron chi connectivity index (χ1n) is 10.7. The monoisotopic (exact) mass is 495 g/mol. The Labute approximate surface area is 197 Å². The molecular formula is C22H26ClN3O4S2. The van der Waals surface area contributed by atoms with Gasteiger partial charge in [0, 0.05) is 23.0 Å². The molecule has 2 heterocycles. The number of amides is 2. The van der Waals surface area contributed by atoms with Gasteiger partial charge in [-0.25, -0.2) is 8.42 Å². The van der Waals surface area contributed by atoms with Gasteiger partial charge >= 0.3 is 0 Å². The van der Waals surface area contributed by atoms with Crippen molar-refractivity contribution in [1.82, 2.24) is 4.31 Å². The number of hydrogen-bond acceptors (Lipinski definition) is 5. The first kappa shape index (κ1) is 23.2. The molecule has 1 aliphatic carbocycles. The minimum absolute atomic E-state index is 0.0881. The zero-order chi connectivity index (χ0) is 23.0. The van der Waals surface area contributed by atoms with Crippen LogP contribution in [-0.4, -0.2) is 37.6 Å². The van der Waals surface area contributed by atoms with Crippen LogP contribution < -0.4 is 11.1 Å². The molecule has 2 aromatic rings. The molecule has 1 saturated heterocycles. The number of nitrogens with two attached hydrogens (primary N) is 1. The number of thiophene rings is 1. The molecule has 2 unspecified atom stereocenters. The molecule has 172 valence electrons. The average Bonchev–Trinajstić information content (AvgIpc) is 3.11. The summed E-state index contributed by atoms with van der Waals surface area (Å²) in [6.07, 6.45) is 3.78. The van der Waals surface area contributed by atoms with E-state index in [0.717, 1.165) is 29.7 Å². The maximum absolute atomic E-state index is 13.1. The van der Waals surface area contributed by atoms with E-state index in [0.29, 0.717) is 40.9 Å². The third-order valence-electron chi connectivity index (χ3n) is 6.20. The van der Waals surface area contributed by atoms with Crippen LogP contribution in [0.3, 0.4) is 0 Å². The number of anilines is 1. The number of nitrogens with zero attached hydrogens (tertiary/aromatic N) is 1. The molecule has 32 heavy (non-hydrogen) atoms. The maximum Gasteiger partial charge on any atom is 0.251 e. The van der Waals surface area contributed by atoms with E-state index in [2.05, 4.69) is 12.2 Å². The van der Waals surface area contributed by atoms with Crippen LogP contribution in [0.2, 0.25) is 5.02 Å². The number of hydrogen-bond donors (Lipinski definition) is 2. The highest BCUT2D eigenvalue weighted by Gasteiger charge is 2.34. The van der Waals surface area contributed by atoms with Crippen LogP contribution >= 0.6 is 22.9 Å². The van der Waals surface area contributed by atoms with Crippen LogP contribution in [0.5, 0.6) is 0 Å². The van der Waals surface area contributed by atoms with E-state index in [1.54, 1.807) is 0 Å². The van der Waals surface area contributed by atoms with Crippen LogP contribution in [-0.2, 0) is 27.7 Å². The minimum atomic E-state index is -3.72. The van der Waals surface area contributed by atoms with Crippen molar-refractivity contribution in [2.24, 2.45) is 17.6 Å². The van der Waals surface area contributed by atoms with Crippen molar-refractivity contribution < 1.29 is 18.0 Å². The van der Waals surface area contributed by atoms with Crippen LogP contribution in [0.15, 0.2) is 29.2 Å². The first-order chi connectivity index (χ1) is 15.2. The van der Waals surface area contributed by atoms with Gasteiger partial charge in [0.1, 0.15) is 5.00 Å². The molecule has 2 amide bonds. The number of carbonyl (C=O) groups excluding carboxylic acids is 2. The van der Waals surface area contributed by atoms with E-state index in [4.69, 9.17) is 17.3 Å². The van der Waals surface area contributed by atoms with E-state index in [-0.39, 0.29) is 17.3 Å². The molecule has 2 aliphatic rings. The maximum atomic E-state index is 13.1. The summed E-state index contributed by atoms with van der Waals surface area (Å²) in [5.74, 6) is -0.807. The van der Waals surface area contributed by atoms with Gasteiger partial charge in [-0.1, -0.05) is 18.5 Å². The Hall–Kier alpha value is -1.94. The van der Waals surface area contributed by atoms with Gasteiger partial charge in [0.05, 0.1) is 16.4 Å². The van der Waals surface area contributed by atoms with Gasteiger partial charge in [0.25, 0.3) is 5.91 Å². The van der Waals surface area contributed by atoms with Crippen molar-refractivity contribution in [2.75, 3.05) is 18.4 Å². The van der Waals surface area contributed by atoms with Gasteiger partial charge in [-0.2, -0.15) is 4.31 Å². The lowest BCUT2D eigenvalue weighted by Gasteiger charge is -2.31. The van der Waals surface area contributed by atoms with Crippen LogP contribution in [0.1, 0.15) is 47.0 Å². The number of primary amides is 1. The fraction of sp³-hybridized carbons (Fsp3) is 0.455. The van der Waals surface area contributed by atoms with Crippen molar-refractivity contribution in [3.63, 3.8) is 0 Å². The molecule has 0 spiro atoms. The second-order valence-electron chi connectivity index (χ2n) is 8.57. The Balaban J connectivity index is 1.52. The number of halogens is 1. The number of sulfonamides is 1. The lowest BCUT2D eigenvalue weighted by Crippen LogP contribution is -2.43. The second-order valence-corrected chi connectivity index (χ2v) is 12.0. The summed E-state index contributed by atoms with van der Waals surface area (Å²) in [7, 11) is -3.72. The molecule has 3 N–H and O–H groups in total. The van der Waals surface area contributed by atoms with Crippen molar-refractivity contribution in [2.45, 2.75) is 43.9 Å². The number of benzene rings is 1. The average molecular weight is 496 g/mol. The summed E-state index contributed by atoms with van der Waals surface area (Å²) in [5.41, 5.74) is 7.01. The van der Waals surface area contributed by atoms with Crippen molar-refractivity contribution in [3.8, 4) is 0 Å². The number of rotatable bonds is 5. The zero-order valence-corrected chi connectivity index (χ0v) is 20.2. The zero-order valence-electron chi connectivity index (χ0n) is 17.8. The molecule has 0 bridgehead atoms. The third kappa shape index (κ3) is 4.57. The van der Waals surface area contributed by atoms with Gasteiger partial charge in [0.2, 0.25) is 15.9 Å². The summed E-state index contributed by atoms with van der Waals surface area (Å²) in [4.78, 5) is 26.5. The third-order valence-corrected chi connectivity index (χ3v) is 9.50. The molecule has 2 atom stereocenters. The van der Waals surface area contributed by atoms with E-state index < -0.39 is 21.8 Å². The molecule has 1 aromatic heterocycles. The summed E-state index contributed by atoms with van der Waals surface area (Å²) in [6, 6.07) is 6.01. The fourth-order valence-electron chi connectivity index (χ4n) is 4.44. The number of carbonyl (C=O) groups is 2. The molecule has 0 radical (unpaired) electrons. The molecule has 4 rings (SSSR count). The summed E-state index contributed by atoms with van der Waals surface area (Å²) in [5, 5.41) is 3.83. The number of fused-ring (bicyclic) bond motifs is 1. The highest BCUT2D eigenvalue weighted by molar-refractivity contribution is 7.89.